The summed E-state index contributed by atoms with van der Waals surface area (Å²) in [6, 6.07) is 1.73. The van der Waals surface area contributed by atoms with Crippen LogP contribution in [0.1, 0.15) is 12.4 Å². The predicted molar refractivity (Wildman–Crippen MR) is 77.9 cm³/mol. The molecule has 0 radical (unpaired) electrons. The predicted octanol–water partition coefficient (Wildman–Crippen LogP) is 2.88. The minimum Gasteiger partial charge on any atom is -0.290 e. The van der Waals surface area contributed by atoms with E-state index in [1.165, 1.54) is 40.1 Å². The Morgan fingerprint density at radius 1 is 1.48 bits per heavy atom. The lowest BCUT2D eigenvalue weighted by atomic mass is 10.4. The van der Waals surface area contributed by atoms with E-state index in [0.717, 1.165) is 4.57 Å². The third-order valence-electron chi connectivity index (χ3n) is 2.95. The summed E-state index contributed by atoms with van der Waals surface area (Å²) in [5, 5.41) is 2.86. The SMILES string of the molecule is Cn1c(SCc2nccn2C(F)F)nc2sccc2c1=O. The Balaban J connectivity index is 1.90. The third kappa shape index (κ3) is 2.58. The van der Waals surface area contributed by atoms with Crippen molar-refractivity contribution in [1.29, 1.82) is 0 Å². The van der Waals surface area contributed by atoms with Gasteiger partial charge in [0, 0.05) is 19.4 Å². The average molecular weight is 328 g/mol. The summed E-state index contributed by atoms with van der Waals surface area (Å²) in [5.41, 5.74) is -0.138. The molecule has 0 aliphatic rings. The van der Waals surface area contributed by atoms with Gasteiger partial charge in [0.1, 0.15) is 10.7 Å². The maximum Gasteiger partial charge on any atom is 0.319 e. The van der Waals surface area contributed by atoms with Gasteiger partial charge < -0.3 is 0 Å². The maximum atomic E-state index is 12.7. The van der Waals surface area contributed by atoms with E-state index >= 15 is 0 Å². The second-order valence-electron chi connectivity index (χ2n) is 4.22. The van der Waals surface area contributed by atoms with Gasteiger partial charge in [-0.1, -0.05) is 11.8 Å². The van der Waals surface area contributed by atoms with Crippen molar-refractivity contribution in [2.45, 2.75) is 17.5 Å². The Labute approximate surface area is 126 Å². The van der Waals surface area contributed by atoms with Crippen LogP contribution < -0.4 is 5.56 Å². The molecule has 0 atom stereocenters. The zero-order valence-corrected chi connectivity index (χ0v) is 12.5. The molecule has 3 heterocycles. The Morgan fingerprint density at radius 2 is 2.29 bits per heavy atom. The summed E-state index contributed by atoms with van der Waals surface area (Å²) in [7, 11) is 1.62. The highest BCUT2D eigenvalue weighted by Crippen LogP contribution is 2.24. The number of fused-ring (bicyclic) bond motifs is 1. The lowest BCUT2D eigenvalue weighted by Crippen LogP contribution is -2.19. The van der Waals surface area contributed by atoms with E-state index in [1.807, 2.05) is 0 Å². The van der Waals surface area contributed by atoms with Gasteiger partial charge in [0.25, 0.3) is 5.56 Å². The summed E-state index contributed by atoms with van der Waals surface area (Å²) in [5.74, 6) is 0.463. The van der Waals surface area contributed by atoms with Gasteiger partial charge in [-0.3, -0.25) is 13.9 Å². The molecule has 0 aliphatic heterocycles. The number of thioether (sulfide) groups is 1. The lowest BCUT2D eigenvalue weighted by molar-refractivity contribution is 0.0678. The van der Waals surface area contributed by atoms with E-state index < -0.39 is 6.55 Å². The molecule has 0 amide bonds. The molecule has 0 aromatic carbocycles. The van der Waals surface area contributed by atoms with Crippen molar-refractivity contribution < 1.29 is 8.78 Å². The van der Waals surface area contributed by atoms with Gasteiger partial charge in [-0.15, -0.1) is 11.3 Å². The first-order valence-electron chi connectivity index (χ1n) is 5.95. The summed E-state index contributed by atoms with van der Waals surface area (Å²) in [4.78, 5) is 21.1. The molecule has 3 aromatic heterocycles. The minimum atomic E-state index is -2.63. The molecule has 5 nitrogen and oxygen atoms in total. The van der Waals surface area contributed by atoms with Crippen molar-refractivity contribution in [1.82, 2.24) is 19.1 Å². The van der Waals surface area contributed by atoms with Crippen LogP contribution in [0.4, 0.5) is 8.78 Å². The molecule has 0 saturated heterocycles. The van der Waals surface area contributed by atoms with Crippen LogP contribution in [0.15, 0.2) is 33.8 Å². The van der Waals surface area contributed by atoms with Crippen LogP contribution in [0, 0.1) is 0 Å². The monoisotopic (exact) mass is 328 g/mol. The Bertz CT molecular complexity index is 839. The number of alkyl halides is 2. The van der Waals surface area contributed by atoms with Crippen LogP contribution in [0.2, 0.25) is 0 Å². The van der Waals surface area contributed by atoms with Gasteiger partial charge in [-0.05, 0) is 11.4 Å². The highest BCUT2D eigenvalue weighted by atomic mass is 32.2. The number of thiophene rings is 1. The molecular formula is C12H10F2N4OS2. The standard InChI is InChI=1S/C12H10F2N4OS2/c1-17-10(19)7-2-5-20-9(7)16-12(17)21-6-8-15-3-4-18(8)11(13)14/h2-5,11H,6H2,1H3. The van der Waals surface area contributed by atoms with E-state index in [-0.39, 0.29) is 17.1 Å². The lowest BCUT2D eigenvalue weighted by Gasteiger charge is -2.08. The Hall–Kier alpha value is -1.74. The fourth-order valence-corrected chi connectivity index (χ4v) is 3.60. The first-order chi connectivity index (χ1) is 10.1. The van der Waals surface area contributed by atoms with Crippen molar-refractivity contribution in [3.05, 3.63) is 40.0 Å². The minimum absolute atomic E-state index is 0.138. The molecule has 0 spiro atoms. The molecule has 3 rings (SSSR count). The van der Waals surface area contributed by atoms with Gasteiger partial charge in [-0.25, -0.2) is 9.97 Å². The molecular weight excluding hydrogens is 318 g/mol. The van der Waals surface area contributed by atoms with Gasteiger partial charge in [0.15, 0.2) is 5.16 Å². The number of aromatic nitrogens is 4. The fourth-order valence-electron chi connectivity index (χ4n) is 1.87. The molecule has 0 unspecified atom stereocenters. The number of hydrogen-bond donors (Lipinski definition) is 0. The van der Waals surface area contributed by atoms with Gasteiger partial charge in [-0.2, -0.15) is 8.78 Å². The molecule has 0 N–H and O–H groups in total. The Morgan fingerprint density at radius 3 is 3.05 bits per heavy atom. The second-order valence-corrected chi connectivity index (χ2v) is 6.05. The topological polar surface area (TPSA) is 52.7 Å². The second kappa shape index (κ2) is 5.57. The highest BCUT2D eigenvalue weighted by molar-refractivity contribution is 7.98. The Kier molecular flexibility index (Phi) is 3.77. The molecule has 0 bridgehead atoms. The van der Waals surface area contributed by atoms with E-state index in [0.29, 0.717) is 15.4 Å². The van der Waals surface area contributed by atoms with Gasteiger partial charge in [0.05, 0.1) is 11.1 Å². The van der Waals surface area contributed by atoms with E-state index in [4.69, 9.17) is 0 Å². The van der Waals surface area contributed by atoms with Crippen molar-refractivity contribution in [3.63, 3.8) is 0 Å². The van der Waals surface area contributed by atoms with E-state index in [2.05, 4.69) is 9.97 Å². The van der Waals surface area contributed by atoms with Gasteiger partial charge >= 0.3 is 6.55 Å². The number of rotatable bonds is 4. The zero-order chi connectivity index (χ0) is 15.0. The van der Waals surface area contributed by atoms with Crippen LogP contribution in [0.25, 0.3) is 10.2 Å². The fraction of sp³-hybridized carbons (Fsp3) is 0.250. The molecule has 110 valence electrons. The average Bonchev–Trinajstić information content (AvgIpc) is 3.09. The molecule has 0 saturated carbocycles. The van der Waals surface area contributed by atoms with Crippen molar-refractivity contribution in [2.75, 3.05) is 0 Å². The maximum absolute atomic E-state index is 12.7. The number of imidazole rings is 1. The molecule has 0 fully saturated rings. The summed E-state index contributed by atoms with van der Waals surface area (Å²) in [6.07, 6.45) is 2.56. The molecule has 3 aromatic rings. The smallest absolute Gasteiger partial charge is 0.290 e. The van der Waals surface area contributed by atoms with Crippen LogP contribution in [0.5, 0.6) is 0 Å². The number of nitrogens with zero attached hydrogens (tertiary/aromatic N) is 4. The largest absolute Gasteiger partial charge is 0.319 e. The summed E-state index contributed by atoms with van der Waals surface area (Å²) in [6.45, 7) is -2.63. The summed E-state index contributed by atoms with van der Waals surface area (Å²) < 4.78 is 27.7. The van der Waals surface area contributed by atoms with E-state index in [9.17, 15) is 13.6 Å². The normalized spacial score (nSPS) is 11.6. The van der Waals surface area contributed by atoms with Gasteiger partial charge in [0.2, 0.25) is 0 Å². The quantitative estimate of drug-likeness (QED) is 0.546. The number of halogens is 2. The van der Waals surface area contributed by atoms with Crippen LogP contribution in [0.3, 0.4) is 0 Å². The third-order valence-corrected chi connectivity index (χ3v) is 4.79. The zero-order valence-electron chi connectivity index (χ0n) is 10.9. The first kappa shape index (κ1) is 14.2. The van der Waals surface area contributed by atoms with Crippen molar-refractivity contribution in [2.24, 2.45) is 7.05 Å². The molecule has 9 heteroatoms. The van der Waals surface area contributed by atoms with Crippen LogP contribution in [-0.4, -0.2) is 19.1 Å². The van der Waals surface area contributed by atoms with Crippen LogP contribution in [-0.2, 0) is 12.8 Å². The summed E-state index contributed by atoms with van der Waals surface area (Å²) >= 11 is 2.59. The van der Waals surface area contributed by atoms with Crippen molar-refractivity contribution in [3.8, 4) is 0 Å². The van der Waals surface area contributed by atoms with Crippen molar-refractivity contribution >= 4 is 33.3 Å². The highest BCUT2D eigenvalue weighted by Gasteiger charge is 2.14. The molecule has 0 aliphatic carbocycles. The van der Waals surface area contributed by atoms with Crippen LogP contribution >= 0.6 is 23.1 Å². The van der Waals surface area contributed by atoms with E-state index in [1.54, 1.807) is 18.5 Å². The number of hydrogen-bond acceptors (Lipinski definition) is 5. The molecule has 21 heavy (non-hydrogen) atoms. The first-order valence-corrected chi connectivity index (χ1v) is 7.81.